The first-order valence-electron chi connectivity index (χ1n) is 6.12. The van der Waals surface area contributed by atoms with E-state index in [1.165, 1.54) is 0 Å². The molecule has 3 aromatic rings. The van der Waals surface area contributed by atoms with E-state index in [0.29, 0.717) is 21.3 Å². The fourth-order valence-corrected chi connectivity index (χ4v) is 2.76. The number of hydrogen-bond acceptors (Lipinski definition) is 4. The van der Waals surface area contributed by atoms with Crippen molar-refractivity contribution in [3.8, 4) is 17.2 Å². The number of methoxy groups -OCH3 is 2. The van der Waals surface area contributed by atoms with Crippen molar-refractivity contribution < 1.29 is 9.47 Å². The number of aromatic nitrogens is 3. The maximum atomic E-state index is 6.23. The molecule has 0 bridgehead atoms. The van der Waals surface area contributed by atoms with Crippen molar-refractivity contribution in [1.82, 2.24) is 14.5 Å². The average Bonchev–Trinajstić information content (AvgIpc) is 2.82. The van der Waals surface area contributed by atoms with E-state index < -0.39 is 0 Å². The molecule has 0 spiro atoms. The molecule has 7 heteroatoms. The molecule has 2 aromatic heterocycles. The fourth-order valence-electron chi connectivity index (χ4n) is 2.22. The molecule has 0 aliphatic carbocycles. The van der Waals surface area contributed by atoms with Gasteiger partial charge in [0.1, 0.15) is 11.5 Å². The van der Waals surface area contributed by atoms with Crippen molar-refractivity contribution in [2.75, 3.05) is 14.2 Å². The molecule has 0 aliphatic heterocycles. The highest BCUT2D eigenvalue weighted by molar-refractivity contribution is 7.71. The predicted molar refractivity (Wildman–Crippen MR) is 84.4 cm³/mol. The second-order valence-electron chi connectivity index (χ2n) is 4.32. The number of benzene rings is 1. The Bertz CT molecular complexity index is 872. The molecule has 1 N–H and O–H groups in total. The zero-order valence-electron chi connectivity index (χ0n) is 11.4. The largest absolute Gasteiger partial charge is 0.495 e. The van der Waals surface area contributed by atoms with E-state index in [1.807, 2.05) is 10.6 Å². The summed E-state index contributed by atoms with van der Waals surface area (Å²) in [5.74, 6) is 1.16. The van der Waals surface area contributed by atoms with E-state index in [0.717, 1.165) is 16.7 Å². The lowest BCUT2D eigenvalue weighted by atomic mass is 10.2. The zero-order chi connectivity index (χ0) is 15.0. The summed E-state index contributed by atoms with van der Waals surface area (Å²) >= 11 is 11.6. The van der Waals surface area contributed by atoms with Gasteiger partial charge in [0, 0.05) is 12.3 Å². The number of halogens is 1. The molecule has 0 atom stereocenters. The Balaban J connectivity index is 2.35. The van der Waals surface area contributed by atoms with Crippen molar-refractivity contribution in [3.63, 3.8) is 0 Å². The van der Waals surface area contributed by atoms with Gasteiger partial charge in [-0.2, -0.15) is 0 Å². The molecule has 0 aliphatic rings. The molecule has 0 unspecified atom stereocenters. The van der Waals surface area contributed by atoms with Gasteiger partial charge in [0.25, 0.3) is 0 Å². The molecule has 0 amide bonds. The summed E-state index contributed by atoms with van der Waals surface area (Å²) in [6.45, 7) is 0. The Morgan fingerprint density at radius 1 is 1.24 bits per heavy atom. The van der Waals surface area contributed by atoms with Crippen LogP contribution in [0.15, 0.2) is 30.6 Å². The van der Waals surface area contributed by atoms with E-state index in [-0.39, 0.29) is 0 Å². The van der Waals surface area contributed by atoms with Crippen LogP contribution in [0.1, 0.15) is 0 Å². The van der Waals surface area contributed by atoms with E-state index in [1.54, 1.807) is 38.7 Å². The van der Waals surface area contributed by atoms with Crippen molar-refractivity contribution in [1.29, 1.82) is 0 Å². The molecule has 5 nitrogen and oxygen atoms in total. The normalized spacial score (nSPS) is 10.8. The molecule has 0 saturated carbocycles. The smallest absolute Gasteiger partial charge is 0.182 e. The summed E-state index contributed by atoms with van der Waals surface area (Å²) in [5.41, 5.74) is 2.48. The second-order valence-corrected chi connectivity index (χ2v) is 5.11. The summed E-state index contributed by atoms with van der Waals surface area (Å²) in [4.78, 5) is 7.19. The topological polar surface area (TPSA) is 52.1 Å². The minimum Gasteiger partial charge on any atom is -0.495 e. The minimum atomic E-state index is 0.485. The monoisotopic (exact) mass is 321 g/mol. The van der Waals surface area contributed by atoms with Crippen LogP contribution in [0, 0.1) is 4.77 Å². The third kappa shape index (κ3) is 2.26. The Morgan fingerprint density at radius 2 is 2.00 bits per heavy atom. The lowest BCUT2D eigenvalue weighted by Crippen LogP contribution is -1.99. The van der Waals surface area contributed by atoms with Crippen LogP contribution in [0.2, 0.25) is 5.02 Å². The highest BCUT2D eigenvalue weighted by atomic mass is 35.5. The predicted octanol–water partition coefficient (Wildman–Crippen LogP) is 3.75. The number of aromatic amines is 1. The molecule has 108 valence electrons. The number of pyridine rings is 1. The summed E-state index contributed by atoms with van der Waals surface area (Å²) in [5, 5.41) is 0.485. The average molecular weight is 322 g/mol. The van der Waals surface area contributed by atoms with Crippen LogP contribution in [0.3, 0.4) is 0 Å². The summed E-state index contributed by atoms with van der Waals surface area (Å²) in [7, 11) is 3.15. The van der Waals surface area contributed by atoms with Crippen LogP contribution >= 0.6 is 23.8 Å². The number of fused-ring (bicyclic) bond motifs is 1. The fraction of sp³-hybridized carbons (Fsp3) is 0.143. The van der Waals surface area contributed by atoms with Crippen molar-refractivity contribution >= 4 is 34.9 Å². The summed E-state index contributed by atoms with van der Waals surface area (Å²) in [6, 6.07) is 5.38. The Hall–Kier alpha value is -2.05. The minimum absolute atomic E-state index is 0.485. The third-order valence-corrected chi connectivity index (χ3v) is 3.76. The third-order valence-electron chi connectivity index (χ3n) is 3.18. The van der Waals surface area contributed by atoms with Crippen LogP contribution in [0.5, 0.6) is 11.5 Å². The van der Waals surface area contributed by atoms with Crippen molar-refractivity contribution in [2.45, 2.75) is 0 Å². The number of rotatable bonds is 3. The van der Waals surface area contributed by atoms with Gasteiger partial charge in [-0.15, -0.1) is 0 Å². The van der Waals surface area contributed by atoms with Crippen LogP contribution < -0.4 is 9.47 Å². The number of nitrogens with one attached hydrogen (secondary N) is 1. The second kappa shape index (κ2) is 5.38. The van der Waals surface area contributed by atoms with Crippen molar-refractivity contribution in [3.05, 3.63) is 40.4 Å². The molecule has 1 aromatic carbocycles. The lowest BCUT2D eigenvalue weighted by molar-refractivity contribution is 0.393. The quantitative estimate of drug-likeness (QED) is 0.746. The summed E-state index contributed by atoms with van der Waals surface area (Å²) in [6.07, 6.45) is 3.43. The van der Waals surface area contributed by atoms with Gasteiger partial charge in [-0.3, -0.25) is 9.55 Å². The van der Waals surface area contributed by atoms with Crippen LogP contribution in [0.4, 0.5) is 0 Å². The molecule has 3 rings (SSSR count). The number of ether oxygens (including phenoxy) is 2. The van der Waals surface area contributed by atoms with Crippen molar-refractivity contribution in [2.24, 2.45) is 0 Å². The molecule has 21 heavy (non-hydrogen) atoms. The molecule has 0 fully saturated rings. The van der Waals surface area contributed by atoms with E-state index >= 15 is 0 Å². The highest BCUT2D eigenvalue weighted by Gasteiger charge is 2.15. The lowest BCUT2D eigenvalue weighted by Gasteiger charge is -2.13. The molecule has 2 heterocycles. The Kier molecular flexibility index (Phi) is 3.57. The van der Waals surface area contributed by atoms with Gasteiger partial charge in [-0.25, -0.2) is 0 Å². The van der Waals surface area contributed by atoms with E-state index in [4.69, 9.17) is 33.3 Å². The maximum absolute atomic E-state index is 6.23. The van der Waals surface area contributed by atoms with Gasteiger partial charge in [0.15, 0.2) is 4.77 Å². The molecule has 0 radical (unpaired) electrons. The van der Waals surface area contributed by atoms with Gasteiger partial charge in [0.05, 0.1) is 42.2 Å². The van der Waals surface area contributed by atoms with Gasteiger partial charge in [-0.05, 0) is 24.4 Å². The van der Waals surface area contributed by atoms with Crippen LogP contribution in [-0.4, -0.2) is 28.8 Å². The molecular formula is C14H12ClN3O2S. The van der Waals surface area contributed by atoms with Gasteiger partial charge in [0.2, 0.25) is 0 Å². The molecular weight excluding hydrogens is 310 g/mol. The standard InChI is InChI=1S/C14H12ClN3O2S/c1-19-12-6-13(20-2)11(5-8(12)15)18-10-3-4-16-7-9(10)17-14(18)21/h3-7H,1-2H3,(H,17,21). The van der Waals surface area contributed by atoms with Crippen LogP contribution in [0.25, 0.3) is 16.7 Å². The van der Waals surface area contributed by atoms with E-state index in [2.05, 4.69) is 9.97 Å². The molecule has 0 saturated heterocycles. The van der Waals surface area contributed by atoms with Gasteiger partial charge < -0.3 is 14.5 Å². The van der Waals surface area contributed by atoms with Gasteiger partial charge >= 0.3 is 0 Å². The first-order valence-corrected chi connectivity index (χ1v) is 6.91. The first-order chi connectivity index (χ1) is 10.2. The summed E-state index contributed by atoms with van der Waals surface area (Å²) < 4.78 is 13.0. The number of hydrogen-bond donors (Lipinski definition) is 1. The highest BCUT2D eigenvalue weighted by Crippen LogP contribution is 2.36. The SMILES string of the molecule is COc1cc(OC)c(-n2c(=S)[nH]c3cnccc32)cc1Cl. The zero-order valence-corrected chi connectivity index (χ0v) is 13.0. The van der Waals surface area contributed by atoms with Crippen LogP contribution in [-0.2, 0) is 0 Å². The Labute approximate surface area is 131 Å². The van der Waals surface area contributed by atoms with Gasteiger partial charge in [-0.1, -0.05) is 11.6 Å². The first kappa shape index (κ1) is 13.9. The Morgan fingerprint density at radius 3 is 2.71 bits per heavy atom. The number of nitrogens with zero attached hydrogens (tertiary/aromatic N) is 2. The maximum Gasteiger partial charge on any atom is 0.182 e. The number of imidazole rings is 1. The number of H-pyrrole nitrogens is 1. The van der Waals surface area contributed by atoms with E-state index in [9.17, 15) is 0 Å².